The van der Waals surface area contributed by atoms with E-state index in [9.17, 15) is 27.7 Å². The SMILES string of the molecule is O=NCCCn1c(NC(=O)c2cccc(C(F)(F)F)c2)nc2cc(N3C(=O)CN(C4CC4)CC34CC4)ccc21. The second kappa shape index (κ2) is 9.44. The molecule has 204 valence electrons. The number of halogens is 3. The molecule has 12 heteroatoms. The Labute approximate surface area is 221 Å². The molecule has 3 fully saturated rings. The molecular formula is C27H27F3N6O3. The number of imidazole rings is 1. The van der Waals surface area contributed by atoms with Crippen molar-refractivity contribution >= 4 is 34.5 Å². The van der Waals surface area contributed by atoms with Crippen LogP contribution in [0.4, 0.5) is 24.8 Å². The monoisotopic (exact) mass is 540 g/mol. The lowest BCUT2D eigenvalue weighted by Crippen LogP contribution is -2.59. The number of anilines is 2. The normalized spacial score (nSPS) is 19.1. The summed E-state index contributed by atoms with van der Waals surface area (Å²) in [6.45, 7) is 1.60. The minimum absolute atomic E-state index is 0.0552. The van der Waals surface area contributed by atoms with Gasteiger partial charge in [0.2, 0.25) is 11.9 Å². The van der Waals surface area contributed by atoms with Crippen molar-refractivity contribution in [2.24, 2.45) is 5.18 Å². The molecule has 3 aliphatic rings. The third kappa shape index (κ3) is 4.88. The van der Waals surface area contributed by atoms with E-state index in [1.165, 1.54) is 12.1 Å². The molecule has 0 radical (unpaired) electrons. The Morgan fingerprint density at radius 3 is 2.64 bits per heavy atom. The Hall–Kier alpha value is -3.80. The summed E-state index contributed by atoms with van der Waals surface area (Å²) in [4.78, 5) is 45.6. The molecule has 0 bridgehead atoms. The fourth-order valence-electron chi connectivity index (χ4n) is 5.54. The second-order valence-electron chi connectivity index (χ2n) is 10.6. The number of hydrogen-bond donors (Lipinski definition) is 1. The van der Waals surface area contributed by atoms with Crippen LogP contribution in [0, 0.1) is 4.91 Å². The molecule has 1 aromatic heterocycles. The smallest absolute Gasteiger partial charge is 0.310 e. The number of amides is 2. The van der Waals surface area contributed by atoms with Crippen LogP contribution in [0.2, 0.25) is 0 Å². The van der Waals surface area contributed by atoms with Gasteiger partial charge in [-0.05, 0) is 68.5 Å². The van der Waals surface area contributed by atoms with E-state index >= 15 is 0 Å². The lowest BCUT2D eigenvalue weighted by Gasteiger charge is -2.42. The molecule has 2 saturated carbocycles. The number of hydrogen-bond acceptors (Lipinski definition) is 6. The maximum absolute atomic E-state index is 13.3. The number of aryl methyl sites for hydroxylation is 1. The Morgan fingerprint density at radius 2 is 1.95 bits per heavy atom. The lowest BCUT2D eigenvalue weighted by molar-refractivity contribution is -0.137. The van der Waals surface area contributed by atoms with Gasteiger partial charge in [-0.3, -0.25) is 19.8 Å². The fraction of sp³-hybridized carbons (Fsp3) is 0.444. The van der Waals surface area contributed by atoms with Crippen LogP contribution in [0.1, 0.15) is 48.0 Å². The second-order valence-corrected chi connectivity index (χ2v) is 10.6. The predicted octanol–water partition coefficient (Wildman–Crippen LogP) is 4.81. The standard InChI is InChI=1S/C27H27F3N6O3/c28-27(29,30)18-4-1-3-17(13-18)24(38)33-25-32-21-14-20(7-8-22(21)35(25)12-2-11-31-39)36-23(37)15-34(19-5-6-19)16-26(36)9-10-26/h1,3-4,7-8,13-14,19H,2,5-6,9-12,15-16H2,(H,32,33,38). The Morgan fingerprint density at radius 1 is 1.15 bits per heavy atom. The molecule has 1 aliphatic heterocycles. The number of carbonyl (C=O) groups excluding carboxylic acids is 2. The van der Waals surface area contributed by atoms with Crippen molar-refractivity contribution in [3.63, 3.8) is 0 Å². The van der Waals surface area contributed by atoms with Crippen LogP contribution in [0.3, 0.4) is 0 Å². The summed E-state index contributed by atoms with van der Waals surface area (Å²) in [5, 5.41) is 5.52. The molecule has 9 nitrogen and oxygen atoms in total. The zero-order valence-corrected chi connectivity index (χ0v) is 21.1. The first-order chi connectivity index (χ1) is 18.7. The number of nitroso groups, excluding NO2 is 1. The first-order valence-corrected chi connectivity index (χ1v) is 13.0. The number of nitrogens with zero attached hydrogens (tertiary/aromatic N) is 5. The van der Waals surface area contributed by atoms with E-state index in [-0.39, 0.29) is 29.5 Å². The minimum atomic E-state index is -4.58. The van der Waals surface area contributed by atoms with Crippen molar-refractivity contribution in [3.05, 3.63) is 58.5 Å². The summed E-state index contributed by atoms with van der Waals surface area (Å²) >= 11 is 0. The number of carbonyl (C=O) groups is 2. The van der Waals surface area contributed by atoms with Crippen LogP contribution >= 0.6 is 0 Å². The molecule has 6 rings (SSSR count). The van der Waals surface area contributed by atoms with Gasteiger partial charge in [-0.15, -0.1) is 0 Å². The van der Waals surface area contributed by atoms with Gasteiger partial charge in [-0.2, -0.15) is 18.1 Å². The number of rotatable bonds is 8. The zero-order valence-electron chi connectivity index (χ0n) is 21.1. The molecule has 2 amide bonds. The molecule has 3 aromatic rings. The fourth-order valence-corrected chi connectivity index (χ4v) is 5.54. The van der Waals surface area contributed by atoms with Crippen LogP contribution in [-0.4, -0.2) is 57.5 Å². The molecule has 2 aromatic carbocycles. The highest BCUT2D eigenvalue weighted by molar-refractivity contribution is 6.04. The number of benzene rings is 2. The van der Waals surface area contributed by atoms with Gasteiger partial charge < -0.3 is 9.47 Å². The first kappa shape index (κ1) is 25.5. The summed E-state index contributed by atoms with van der Waals surface area (Å²) in [5.74, 6) is -0.546. The molecule has 2 aliphatic carbocycles. The summed E-state index contributed by atoms with van der Waals surface area (Å²) in [6.07, 6.45) is -0.0460. The van der Waals surface area contributed by atoms with Crippen LogP contribution in [-0.2, 0) is 17.5 Å². The van der Waals surface area contributed by atoms with Gasteiger partial charge in [0.15, 0.2) is 0 Å². The van der Waals surface area contributed by atoms with Crippen molar-refractivity contribution in [1.82, 2.24) is 14.5 Å². The van der Waals surface area contributed by atoms with Crippen LogP contribution in [0.5, 0.6) is 0 Å². The van der Waals surface area contributed by atoms with Gasteiger partial charge in [0.1, 0.15) is 0 Å². The largest absolute Gasteiger partial charge is 0.416 e. The third-order valence-electron chi connectivity index (χ3n) is 7.75. The van der Waals surface area contributed by atoms with E-state index in [2.05, 4.69) is 20.4 Å². The molecule has 1 spiro atoms. The minimum Gasteiger partial charge on any atom is -0.310 e. The number of piperazine rings is 1. The number of alkyl halides is 3. The van der Waals surface area contributed by atoms with E-state index in [4.69, 9.17) is 0 Å². The van der Waals surface area contributed by atoms with Crippen molar-refractivity contribution in [1.29, 1.82) is 0 Å². The molecular weight excluding hydrogens is 513 g/mol. The topological polar surface area (TPSA) is 99.9 Å². The molecule has 1 N–H and O–H groups in total. The Bertz CT molecular complexity index is 1460. The van der Waals surface area contributed by atoms with E-state index < -0.39 is 17.6 Å². The molecule has 39 heavy (non-hydrogen) atoms. The number of nitrogens with one attached hydrogen (secondary N) is 1. The van der Waals surface area contributed by atoms with Crippen LogP contribution in [0.25, 0.3) is 11.0 Å². The van der Waals surface area contributed by atoms with Crippen molar-refractivity contribution < 1.29 is 22.8 Å². The number of fused-ring (bicyclic) bond motifs is 1. The highest BCUT2D eigenvalue weighted by atomic mass is 19.4. The molecule has 0 atom stereocenters. The van der Waals surface area contributed by atoms with Gasteiger partial charge in [-0.1, -0.05) is 11.2 Å². The van der Waals surface area contributed by atoms with Gasteiger partial charge >= 0.3 is 6.18 Å². The average molecular weight is 541 g/mol. The zero-order chi connectivity index (χ0) is 27.4. The summed E-state index contributed by atoms with van der Waals surface area (Å²) in [5.41, 5.74) is 0.636. The number of aromatic nitrogens is 2. The van der Waals surface area contributed by atoms with E-state index in [0.29, 0.717) is 36.6 Å². The van der Waals surface area contributed by atoms with Gasteiger partial charge in [0, 0.05) is 30.4 Å². The summed E-state index contributed by atoms with van der Waals surface area (Å²) in [7, 11) is 0. The van der Waals surface area contributed by atoms with E-state index in [1.807, 2.05) is 23.1 Å². The summed E-state index contributed by atoms with van der Waals surface area (Å²) < 4.78 is 41.2. The molecule has 1 saturated heterocycles. The third-order valence-corrected chi connectivity index (χ3v) is 7.75. The predicted molar refractivity (Wildman–Crippen MR) is 138 cm³/mol. The maximum atomic E-state index is 13.3. The maximum Gasteiger partial charge on any atom is 0.416 e. The highest BCUT2D eigenvalue weighted by Gasteiger charge is 2.56. The lowest BCUT2D eigenvalue weighted by atomic mass is 10.1. The highest BCUT2D eigenvalue weighted by Crippen LogP contribution is 2.49. The van der Waals surface area contributed by atoms with Gasteiger partial charge in [-0.25, -0.2) is 4.98 Å². The van der Waals surface area contributed by atoms with Crippen LogP contribution in [0.15, 0.2) is 47.6 Å². The van der Waals surface area contributed by atoms with Crippen LogP contribution < -0.4 is 10.2 Å². The Kier molecular flexibility index (Phi) is 6.17. The molecule has 2 heterocycles. The quantitative estimate of drug-likeness (QED) is 0.327. The van der Waals surface area contributed by atoms with Gasteiger partial charge in [0.25, 0.3) is 5.91 Å². The van der Waals surface area contributed by atoms with E-state index in [0.717, 1.165) is 50.0 Å². The summed E-state index contributed by atoms with van der Waals surface area (Å²) in [6, 6.07) is 10.2. The van der Waals surface area contributed by atoms with Gasteiger partial charge in [0.05, 0.1) is 35.2 Å². The molecule has 0 unspecified atom stereocenters. The van der Waals surface area contributed by atoms with E-state index in [1.54, 1.807) is 4.57 Å². The average Bonchev–Trinajstić information content (AvgIpc) is 3.83. The van der Waals surface area contributed by atoms with Crippen molar-refractivity contribution in [3.8, 4) is 0 Å². The first-order valence-electron chi connectivity index (χ1n) is 13.0. The van der Waals surface area contributed by atoms with Crippen molar-refractivity contribution in [2.75, 3.05) is 29.9 Å². The Balaban J connectivity index is 1.31. The van der Waals surface area contributed by atoms with Crippen molar-refractivity contribution in [2.45, 2.75) is 56.4 Å².